The molecule has 4 aromatic rings. The zero-order chi connectivity index (χ0) is 24.4. The van der Waals surface area contributed by atoms with Crippen molar-refractivity contribution >= 4 is 29.4 Å². The molecule has 1 N–H and O–H groups in total. The molecule has 0 fully saturated rings. The molecule has 7 heteroatoms. The molecule has 1 amide bonds. The van der Waals surface area contributed by atoms with Gasteiger partial charge < -0.3 is 9.52 Å². The van der Waals surface area contributed by atoms with E-state index < -0.39 is 11.8 Å². The zero-order valence-electron chi connectivity index (χ0n) is 18.4. The van der Waals surface area contributed by atoms with Crippen molar-refractivity contribution < 1.29 is 23.5 Å². The van der Waals surface area contributed by atoms with E-state index in [1.54, 1.807) is 36.4 Å². The first-order chi connectivity index (χ1) is 17.0. The summed E-state index contributed by atoms with van der Waals surface area (Å²) in [7, 11) is 0. The van der Waals surface area contributed by atoms with Crippen molar-refractivity contribution in [1.82, 2.24) is 0 Å². The maximum absolute atomic E-state index is 14.2. The molecule has 3 aromatic carbocycles. The molecule has 172 valence electrons. The number of carbonyl (C=O) groups excluding carboxylic acids is 1. The lowest BCUT2D eigenvalue weighted by molar-refractivity contribution is -0.114. The number of aromatic carboxylic acids is 1. The summed E-state index contributed by atoms with van der Waals surface area (Å²) in [4.78, 5) is 24.6. The Morgan fingerprint density at radius 3 is 2.37 bits per heavy atom. The predicted octanol–water partition coefficient (Wildman–Crippen LogP) is 5.81. The van der Waals surface area contributed by atoms with Gasteiger partial charge in [0.1, 0.15) is 17.3 Å². The summed E-state index contributed by atoms with van der Waals surface area (Å²) >= 11 is 0. The second kappa shape index (κ2) is 9.23. The standard InChI is InChI=1S/C28H19FN2O4/c29-24-9-5-4-8-22(24)26-15-14-21(35-26)17-23-25(16-18-6-2-1-3-7-18)30-31(27(23)32)20-12-10-19(11-13-20)28(33)34/h1-15,17H,16H2,(H,33,34)/b23-17-. The van der Waals surface area contributed by atoms with Gasteiger partial charge in [-0.3, -0.25) is 4.79 Å². The molecule has 2 heterocycles. The van der Waals surface area contributed by atoms with Crippen molar-refractivity contribution in [3.05, 3.63) is 119 Å². The molecule has 0 aliphatic carbocycles. The van der Waals surface area contributed by atoms with Crippen LogP contribution in [-0.4, -0.2) is 22.7 Å². The van der Waals surface area contributed by atoms with Gasteiger partial charge in [-0.05, 0) is 60.2 Å². The van der Waals surface area contributed by atoms with Gasteiger partial charge in [0, 0.05) is 6.42 Å². The summed E-state index contributed by atoms with van der Waals surface area (Å²) in [5.74, 6) is -1.09. The maximum Gasteiger partial charge on any atom is 0.335 e. The first kappa shape index (κ1) is 22.0. The number of hydrogen-bond donors (Lipinski definition) is 1. The molecular formula is C28H19FN2O4. The van der Waals surface area contributed by atoms with Crippen LogP contribution in [0.4, 0.5) is 10.1 Å². The highest BCUT2D eigenvalue weighted by atomic mass is 19.1. The molecule has 1 aromatic heterocycles. The van der Waals surface area contributed by atoms with Gasteiger partial charge >= 0.3 is 5.97 Å². The van der Waals surface area contributed by atoms with Gasteiger partial charge in [0.15, 0.2) is 0 Å². The van der Waals surface area contributed by atoms with Gasteiger partial charge in [-0.25, -0.2) is 9.18 Å². The van der Waals surface area contributed by atoms with Crippen LogP contribution in [0.15, 0.2) is 106 Å². The minimum atomic E-state index is -1.05. The van der Waals surface area contributed by atoms with E-state index in [-0.39, 0.29) is 11.5 Å². The fourth-order valence-corrected chi connectivity index (χ4v) is 3.82. The SMILES string of the molecule is O=C(O)c1ccc(N2N=C(Cc3ccccc3)/C(=C/c3ccc(-c4ccccc4F)o3)C2=O)cc1. The highest BCUT2D eigenvalue weighted by Crippen LogP contribution is 2.29. The molecule has 0 unspecified atom stereocenters. The molecule has 35 heavy (non-hydrogen) atoms. The monoisotopic (exact) mass is 466 g/mol. The lowest BCUT2D eigenvalue weighted by Crippen LogP contribution is -2.21. The summed E-state index contributed by atoms with van der Waals surface area (Å²) < 4.78 is 20.0. The van der Waals surface area contributed by atoms with Crippen molar-refractivity contribution in [3.8, 4) is 11.3 Å². The number of halogens is 1. The maximum atomic E-state index is 14.2. The summed E-state index contributed by atoms with van der Waals surface area (Å²) in [5.41, 5.74) is 2.73. The molecule has 0 atom stereocenters. The summed E-state index contributed by atoms with van der Waals surface area (Å²) in [6, 6.07) is 25.2. The van der Waals surface area contributed by atoms with Crippen LogP contribution in [0.25, 0.3) is 17.4 Å². The second-order valence-corrected chi connectivity index (χ2v) is 7.92. The molecule has 0 saturated heterocycles. The number of hydrogen-bond acceptors (Lipinski definition) is 4. The van der Waals surface area contributed by atoms with Crippen LogP contribution in [0.5, 0.6) is 0 Å². The normalized spacial score (nSPS) is 14.4. The Morgan fingerprint density at radius 1 is 0.943 bits per heavy atom. The third-order valence-electron chi connectivity index (χ3n) is 5.58. The number of carbonyl (C=O) groups is 2. The third kappa shape index (κ3) is 4.52. The van der Waals surface area contributed by atoms with Gasteiger partial charge in [-0.1, -0.05) is 42.5 Å². The summed E-state index contributed by atoms with van der Waals surface area (Å²) in [5, 5.41) is 15.0. The first-order valence-corrected chi connectivity index (χ1v) is 10.9. The van der Waals surface area contributed by atoms with E-state index in [1.165, 1.54) is 35.3 Å². The fraction of sp³-hybridized carbons (Fsp3) is 0.0357. The first-order valence-electron chi connectivity index (χ1n) is 10.9. The predicted molar refractivity (Wildman–Crippen MR) is 131 cm³/mol. The summed E-state index contributed by atoms with van der Waals surface area (Å²) in [6.07, 6.45) is 2.00. The molecule has 0 saturated carbocycles. The van der Waals surface area contributed by atoms with Crippen LogP contribution < -0.4 is 5.01 Å². The van der Waals surface area contributed by atoms with Crippen molar-refractivity contribution in [2.24, 2.45) is 5.10 Å². The zero-order valence-corrected chi connectivity index (χ0v) is 18.4. The Bertz CT molecular complexity index is 1470. The second-order valence-electron chi connectivity index (χ2n) is 7.92. The lowest BCUT2D eigenvalue weighted by Gasteiger charge is -2.11. The Balaban J connectivity index is 1.51. The molecule has 1 aliphatic rings. The molecular weight excluding hydrogens is 447 g/mol. The van der Waals surface area contributed by atoms with Gasteiger partial charge in [0.2, 0.25) is 0 Å². The highest BCUT2D eigenvalue weighted by Gasteiger charge is 2.31. The minimum Gasteiger partial charge on any atom is -0.478 e. The van der Waals surface area contributed by atoms with E-state index in [0.29, 0.717) is 40.5 Å². The van der Waals surface area contributed by atoms with Crippen molar-refractivity contribution in [3.63, 3.8) is 0 Å². The number of benzene rings is 3. The van der Waals surface area contributed by atoms with E-state index in [9.17, 15) is 14.0 Å². The van der Waals surface area contributed by atoms with Gasteiger partial charge in [-0.2, -0.15) is 10.1 Å². The number of hydrazone groups is 1. The summed E-state index contributed by atoms with van der Waals surface area (Å²) in [6.45, 7) is 0. The quantitative estimate of drug-likeness (QED) is 0.364. The highest BCUT2D eigenvalue weighted by molar-refractivity contribution is 6.33. The van der Waals surface area contributed by atoms with Crippen LogP contribution in [0.1, 0.15) is 21.7 Å². The smallest absolute Gasteiger partial charge is 0.335 e. The van der Waals surface area contributed by atoms with E-state index in [2.05, 4.69) is 5.10 Å². The largest absolute Gasteiger partial charge is 0.478 e. The molecule has 0 bridgehead atoms. The Hall–Kier alpha value is -4.78. The minimum absolute atomic E-state index is 0.112. The third-order valence-corrected chi connectivity index (χ3v) is 5.58. The van der Waals surface area contributed by atoms with E-state index in [1.807, 2.05) is 30.3 Å². The molecule has 5 rings (SSSR count). The number of carboxylic acid groups (broad SMARTS) is 1. The van der Waals surface area contributed by atoms with Crippen LogP contribution in [0.2, 0.25) is 0 Å². The van der Waals surface area contributed by atoms with Crippen LogP contribution in [0.3, 0.4) is 0 Å². The number of amides is 1. The van der Waals surface area contributed by atoms with Crippen molar-refractivity contribution in [2.75, 3.05) is 5.01 Å². The van der Waals surface area contributed by atoms with Crippen LogP contribution in [0, 0.1) is 5.82 Å². The molecule has 0 spiro atoms. The van der Waals surface area contributed by atoms with Crippen molar-refractivity contribution in [2.45, 2.75) is 6.42 Å². The average Bonchev–Trinajstić information content (AvgIpc) is 3.45. The average molecular weight is 466 g/mol. The lowest BCUT2D eigenvalue weighted by atomic mass is 10.0. The van der Waals surface area contributed by atoms with Gasteiger partial charge in [0.05, 0.1) is 28.1 Å². The number of nitrogens with zero attached hydrogens (tertiary/aromatic N) is 2. The Kier molecular flexibility index (Phi) is 5.81. The number of furan rings is 1. The number of carboxylic acids is 1. The molecule has 0 radical (unpaired) electrons. The number of anilines is 1. The van der Waals surface area contributed by atoms with Crippen LogP contribution >= 0.6 is 0 Å². The van der Waals surface area contributed by atoms with E-state index in [0.717, 1.165) is 5.56 Å². The molecule has 1 aliphatic heterocycles. The Labute approximate surface area is 200 Å². The van der Waals surface area contributed by atoms with E-state index in [4.69, 9.17) is 9.52 Å². The topological polar surface area (TPSA) is 83.1 Å². The van der Waals surface area contributed by atoms with Gasteiger partial charge in [-0.15, -0.1) is 0 Å². The fourth-order valence-electron chi connectivity index (χ4n) is 3.82. The van der Waals surface area contributed by atoms with Gasteiger partial charge in [0.25, 0.3) is 5.91 Å². The van der Waals surface area contributed by atoms with Crippen LogP contribution in [-0.2, 0) is 11.2 Å². The molecule has 6 nitrogen and oxygen atoms in total. The Morgan fingerprint density at radius 2 is 1.66 bits per heavy atom. The van der Waals surface area contributed by atoms with Crippen molar-refractivity contribution in [1.29, 1.82) is 0 Å². The number of rotatable bonds is 6. The van der Waals surface area contributed by atoms with E-state index >= 15 is 0 Å².